The largest absolute Gasteiger partial charge is 0.481 e. The monoisotopic (exact) mass is 775 g/mol. The zero-order chi connectivity index (χ0) is 37.3. The van der Waals surface area contributed by atoms with E-state index in [1.807, 2.05) is 64.4 Å². The minimum atomic E-state index is -1.30. The molecule has 0 bridgehead atoms. The van der Waals surface area contributed by atoms with Gasteiger partial charge < -0.3 is 25.5 Å². The Balaban J connectivity index is 1.02. The number of carbonyl (C=O) groups excluding carboxylic acids is 2. The average Bonchev–Trinajstić information content (AvgIpc) is 3.97. The Bertz CT molecular complexity index is 2280. The van der Waals surface area contributed by atoms with Crippen LogP contribution in [0.15, 0.2) is 126 Å². The number of carboxylic acids is 1. The molecule has 0 radical (unpaired) electrons. The van der Waals surface area contributed by atoms with Gasteiger partial charge >= 0.3 is 5.97 Å². The molecule has 8 rings (SSSR count). The number of aromatic nitrogens is 3. The van der Waals surface area contributed by atoms with Crippen LogP contribution in [0.1, 0.15) is 28.1 Å². The zero-order valence-electron chi connectivity index (χ0n) is 28.7. The summed E-state index contributed by atoms with van der Waals surface area (Å²) in [5, 5.41) is 24.6. The van der Waals surface area contributed by atoms with Gasteiger partial charge in [-0.2, -0.15) is 0 Å². The Morgan fingerprint density at radius 1 is 0.981 bits per heavy atom. The quantitative estimate of drug-likeness (QED) is 0.0608. The zero-order valence-corrected chi connectivity index (χ0v) is 31.2. The molecule has 2 saturated heterocycles. The fourth-order valence-electron chi connectivity index (χ4n) is 6.89. The van der Waals surface area contributed by atoms with Gasteiger partial charge in [0.25, 0.3) is 5.91 Å². The molecule has 15 heteroatoms. The number of anilines is 1. The van der Waals surface area contributed by atoms with Crippen molar-refractivity contribution in [1.29, 1.82) is 0 Å². The third kappa shape index (κ3) is 6.23. The number of carbonyl (C=O) groups is 3. The second-order valence-corrected chi connectivity index (χ2v) is 15.7. The summed E-state index contributed by atoms with van der Waals surface area (Å²) < 4.78 is 1.88. The first-order valence-electron chi connectivity index (χ1n) is 16.9. The molecule has 0 aliphatic carbocycles. The van der Waals surface area contributed by atoms with E-state index >= 15 is 0 Å². The minimum absolute atomic E-state index is 0.0228. The normalized spacial score (nSPS) is 20.1. The maximum absolute atomic E-state index is 13.8. The molecular formula is C39H33N7O5S3. The van der Waals surface area contributed by atoms with Crippen molar-refractivity contribution in [2.45, 2.75) is 17.0 Å². The third-order valence-corrected chi connectivity index (χ3v) is 12.8. The molecule has 2 amide bonds. The summed E-state index contributed by atoms with van der Waals surface area (Å²) in [6, 6.07) is 29.4. The Morgan fingerprint density at radius 2 is 1.63 bits per heavy atom. The van der Waals surface area contributed by atoms with Crippen LogP contribution in [-0.4, -0.2) is 78.7 Å². The standard InChI is InChI=1S/C39H33N7O5S3/c1-51-44-31(29-21-53-37(41-29)43-39(25-11-5-2-6-12-25,26-13-7-3-8-14-26)27-15-9-4-10-16-27)33(47)42-32-34(48)45-22-38(36(49)50,23-54-35(32)45)18-17-28-20-52-30-19-40-24-46(28)30/h2-21,24,32,35H,22-23H2,1H3,(H,41,43)(H,42,47)(H,49,50)/t32-,35-,38?/m1/s1. The van der Waals surface area contributed by atoms with Crippen molar-refractivity contribution < 1.29 is 24.3 Å². The lowest BCUT2D eigenvalue weighted by atomic mass is 9.77. The molecule has 0 spiro atoms. The summed E-state index contributed by atoms with van der Waals surface area (Å²) in [4.78, 5) is 56.4. The highest BCUT2D eigenvalue weighted by Gasteiger charge is 2.57. The van der Waals surface area contributed by atoms with E-state index in [2.05, 4.69) is 57.2 Å². The fraction of sp³-hybridized carbons (Fsp3) is 0.179. The number of nitrogens with zero attached hydrogens (tertiary/aromatic N) is 5. The van der Waals surface area contributed by atoms with Crippen molar-refractivity contribution in [3.05, 3.63) is 148 Å². The molecule has 3 atom stereocenters. The number of hydrogen-bond acceptors (Lipinski definition) is 11. The van der Waals surface area contributed by atoms with Crippen LogP contribution in [0.2, 0.25) is 0 Å². The molecular weight excluding hydrogens is 743 g/mol. The smallest absolute Gasteiger partial charge is 0.316 e. The summed E-state index contributed by atoms with van der Waals surface area (Å²) in [7, 11) is 1.34. The molecule has 272 valence electrons. The van der Waals surface area contributed by atoms with E-state index in [9.17, 15) is 19.5 Å². The molecule has 2 aliphatic rings. The Morgan fingerprint density at radius 3 is 2.24 bits per heavy atom. The maximum atomic E-state index is 13.8. The van der Waals surface area contributed by atoms with E-state index in [1.165, 1.54) is 46.4 Å². The number of benzene rings is 3. The first kappa shape index (κ1) is 35.3. The van der Waals surface area contributed by atoms with Crippen LogP contribution in [-0.2, 0) is 24.8 Å². The van der Waals surface area contributed by atoms with Crippen molar-refractivity contribution in [1.82, 2.24) is 24.6 Å². The number of thioether (sulfide) groups is 1. The van der Waals surface area contributed by atoms with Gasteiger partial charge in [-0.05, 0) is 22.8 Å². The van der Waals surface area contributed by atoms with E-state index < -0.39 is 34.2 Å². The highest BCUT2D eigenvalue weighted by molar-refractivity contribution is 8.00. The van der Waals surface area contributed by atoms with Gasteiger partial charge in [0, 0.05) is 23.1 Å². The van der Waals surface area contributed by atoms with Crippen LogP contribution in [0.5, 0.6) is 0 Å². The summed E-state index contributed by atoms with van der Waals surface area (Å²) in [6.45, 7) is -0.0228. The van der Waals surface area contributed by atoms with Crippen LogP contribution in [0.3, 0.4) is 0 Å². The number of β-lactam (4-membered cyclic amide) rings is 1. The predicted octanol–water partition coefficient (Wildman–Crippen LogP) is 5.79. The van der Waals surface area contributed by atoms with Crippen molar-refractivity contribution in [2.24, 2.45) is 10.6 Å². The van der Waals surface area contributed by atoms with E-state index in [-0.39, 0.29) is 29.6 Å². The van der Waals surface area contributed by atoms with Crippen molar-refractivity contribution in [2.75, 3.05) is 24.7 Å². The second-order valence-electron chi connectivity index (χ2n) is 12.8. The molecule has 0 saturated carbocycles. The first-order chi connectivity index (χ1) is 26.3. The summed E-state index contributed by atoms with van der Waals surface area (Å²) in [6.07, 6.45) is 6.83. The molecule has 5 heterocycles. The number of nitrogens with one attached hydrogen (secondary N) is 2. The van der Waals surface area contributed by atoms with Gasteiger partial charge in [-0.25, -0.2) is 9.97 Å². The van der Waals surface area contributed by atoms with Gasteiger partial charge in [-0.3, -0.25) is 18.8 Å². The van der Waals surface area contributed by atoms with Gasteiger partial charge in [-0.15, -0.1) is 34.4 Å². The number of hydrogen-bond donors (Lipinski definition) is 3. The maximum Gasteiger partial charge on any atom is 0.316 e. The van der Waals surface area contributed by atoms with Gasteiger partial charge in [-0.1, -0.05) is 102 Å². The van der Waals surface area contributed by atoms with E-state index in [0.717, 1.165) is 27.2 Å². The number of oxime groups is 1. The third-order valence-electron chi connectivity index (χ3n) is 9.63. The number of imidazole rings is 1. The van der Waals surface area contributed by atoms with Crippen LogP contribution in [0.4, 0.5) is 5.13 Å². The molecule has 3 aromatic heterocycles. The van der Waals surface area contributed by atoms with Crippen molar-refractivity contribution in [3.8, 4) is 0 Å². The number of aliphatic carboxylic acids is 1. The molecule has 1 unspecified atom stereocenters. The van der Waals surface area contributed by atoms with Gasteiger partial charge in [0.1, 0.15) is 46.3 Å². The van der Waals surface area contributed by atoms with Gasteiger partial charge in [0.2, 0.25) is 5.91 Å². The predicted molar refractivity (Wildman–Crippen MR) is 211 cm³/mol. The number of carboxylic acid groups (broad SMARTS) is 1. The highest BCUT2D eigenvalue weighted by atomic mass is 32.2. The Kier molecular flexibility index (Phi) is 9.52. The minimum Gasteiger partial charge on any atom is -0.481 e. The number of fused-ring (bicyclic) bond motifs is 2. The Hall–Kier alpha value is -5.77. The average molecular weight is 776 g/mol. The number of thiazole rings is 2. The van der Waals surface area contributed by atoms with Gasteiger partial charge in [0.15, 0.2) is 10.8 Å². The van der Waals surface area contributed by atoms with Crippen LogP contribution < -0.4 is 10.6 Å². The van der Waals surface area contributed by atoms with Crippen molar-refractivity contribution in [3.63, 3.8) is 0 Å². The lowest BCUT2D eigenvalue weighted by molar-refractivity contribution is -0.155. The highest BCUT2D eigenvalue weighted by Crippen LogP contribution is 2.44. The molecule has 3 N–H and O–H groups in total. The number of rotatable bonds is 12. The SMILES string of the molecule is CON=C(C(=O)N[C@@H]1C(=O)N2CC(C=Cc3csc4cncn34)(C(=O)O)CS[C@H]12)c1csc(NC(c2ccccc2)(c2ccccc2)c2ccccc2)n1. The number of amides is 2. The molecule has 2 aliphatic heterocycles. The molecule has 2 fully saturated rings. The molecule has 3 aromatic carbocycles. The molecule has 12 nitrogen and oxygen atoms in total. The molecule has 54 heavy (non-hydrogen) atoms. The van der Waals surface area contributed by atoms with E-state index in [1.54, 1.807) is 30.1 Å². The fourth-order valence-corrected chi connectivity index (χ4v) is 9.98. The van der Waals surface area contributed by atoms with Crippen LogP contribution >= 0.6 is 34.4 Å². The second kappa shape index (κ2) is 14.6. The lowest BCUT2D eigenvalue weighted by Gasteiger charge is -2.53. The first-order valence-corrected chi connectivity index (χ1v) is 19.7. The van der Waals surface area contributed by atoms with Crippen LogP contribution in [0.25, 0.3) is 10.9 Å². The molecule has 6 aromatic rings. The van der Waals surface area contributed by atoms with Crippen molar-refractivity contribution >= 4 is 74.0 Å². The lowest BCUT2D eigenvalue weighted by Crippen LogP contribution is -2.73. The Labute approximate surface area is 322 Å². The van der Waals surface area contributed by atoms with Gasteiger partial charge in [0.05, 0.1) is 11.9 Å². The van der Waals surface area contributed by atoms with Crippen LogP contribution in [0, 0.1) is 5.41 Å². The summed E-state index contributed by atoms with van der Waals surface area (Å²) in [5.74, 6) is -1.82. The topological polar surface area (TPSA) is 151 Å². The summed E-state index contributed by atoms with van der Waals surface area (Å²) in [5.41, 5.74) is 1.80. The van der Waals surface area contributed by atoms with E-state index in [0.29, 0.717) is 5.13 Å². The summed E-state index contributed by atoms with van der Waals surface area (Å²) >= 11 is 4.13. The van der Waals surface area contributed by atoms with E-state index in [4.69, 9.17) is 9.82 Å².